The minimum absolute atomic E-state index is 0.272. The minimum Gasteiger partial charge on any atom is -0.769 e. The molecule has 0 N–H and O–H groups in total. The lowest BCUT2D eigenvalue weighted by Gasteiger charge is -2.08. The Bertz CT molecular complexity index is 384. The number of aryl methyl sites for hydroxylation is 1. The average molecular weight is 211 g/mol. The van der Waals surface area contributed by atoms with Crippen molar-refractivity contribution in [3.05, 3.63) is 28.7 Å². The maximum atomic E-state index is 10.7. The van der Waals surface area contributed by atoms with Crippen molar-refractivity contribution >= 4 is 16.7 Å². The molecule has 1 heterocycles. The van der Waals surface area contributed by atoms with Crippen molar-refractivity contribution in [3.8, 4) is 0 Å². The van der Waals surface area contributed by atoms with Crippen LogP contribution in [0.4, 0.5) is 0 Å². The number of hydrogen-bond donors (Lipinski definition) is 0. The van der Waals surface area contributed by atoms with Gasteiger partial charge in [-0.15, -0.1) is 0 Å². The first-order chi connectivity index (χ1) is 6.52. The summed E-state index contributed by atoms with van der Waals surface area (Å²) in [4.78, 5) is 8.35. The molecule has 14 heavy (non-hydrogen) atoms. The third-order valence-corrected chi connectivity index (χ3v) is 2.70. The lowest BCUT2D eigenvalue weighted by atomic mass is 10.2. The number of aromatic nitrogens is 2. The number of hydrogen-bond acceptors (Lipinski definition) is 4. The third-order valence-electron chi connectivity index (χ3n) is 1.89. The van der Waals surface area contributed by atoms with Gasteiger partial charge in [-0.25, -0.2) is 9.97 Å². The molecule has 0 aliphatic rings. The first-order valence-electron chi connectivity index (χ1n) is 4.08. The lowest BCUT2D eigenvalue weighted by Crippen LogP contribution is -1.97. The second-order valence-electron chi connectivity index (χ2n) is 3.00. The normalized spacial score (nSPS) is 14.9. The van der Waals surface area contributed by atoms with Gasteiger partial charge in [0.15, 0.2) is 5.82 Å². The molecule has 1 rings (SSSR count). The van der Waals surface area contributed by atoms with Crippen molar-refractivity contribution in [3.63, 3.8) is 0 Å². The summed E-state index contributed by atoms with van der Waals surface area (Å²) in [6.45, 7) is 5.10. The second-order valence-corrected chi connectivity index (χ2v) is 4.08. The van der Waals surface area contributed by atoms with Crippen LogP contribution in [0.2, 0.25) is 0 Å². The molecule has 0 spiro atoms. The highest BCUT2D eigenvalue weighted by Gasteiger charge is 2.03. The number of rotatable bonds is 2. The fraction of sp³-hybridized carbons (Fsp3) is 0.333. The zero-order chi connectivity index (χ0) is 10.7. The SMILES string of the molecule is CC(=C(C)S(=O)[O-])c1ncc(C)cn1. The first-order valence-corrected chi connectivity index (χ1v) is 5.15. The predicted molar refractivity (Wildman–Crippen MR) is 54.0 cm³/mol. The van der Waals surface area contributed by atoms with E-state index in [4.69, 9.17) is 0 Å². The van der Waals surface area contributed by atoms with Crippen LogP contribution in [0.15, 0.2) is 17.3 Å². The molecule has 0 saturated carbocycles. The maximum absolute atomic E-state index is 10.7. The highest BCUT2D eigenvalue weighted by molar-refractivity contribution is 7.83. The van der Waals surface area contributed by atoms with Gasteiger partial charge in [0.25, 0.3) is 0 Å². The van der Waals surface area contributed by atoms with Crippen LogP contribution in [0.3, 0.4) is 0 Å². The van der Waals surface area contributed by atoms with Crippen molar-refractivity contribution in [2.75, 3.05) is 0 Å². The summed E-state index contributed by atoms with van der Waals surface area (Å²) < 4.78 is 21.3. The van der Waals surface area contributed by atoms with Crippen LogP contribution >= 0.6 is 0 Å². The molecule has 4 nitrogen and oxygen atoms in total. The van der Waals surface area contributed by atoms with Crippen LogP contribution in [0.5, 0.6) is 0 Å². The summed E-state index contributed by atoms with van der Waals surface area (Å²) in [6.07, 6.45) is 3.32. The van der Waals surface area contributed by atoms with Gasteiger partial charge in [0.2, 0.25) is 0 Å². The second kappa shape index (κ2) is 4.43. The summed E-state index contributed by atoms with van der Waals surface area (Å²) >= 11 is -2.20. The summed E-state index contributed by atoms with van der Waals surface area (Å²) in [5, 5.41) is 0. The van der Waals surface area contributed by atoms with Crippen LogP contribution in [0.1, 0.15) is 25.2 Å². The van der Waals surface area contributed by atoms with Crippen LogP contribution in [0.25, 0.3) is 5.57 Å². The van der Waals surface area contributed by atoms with Crippen molar-refractivity contribution in [1.29, 1.82) is 0 Å². The van der Waals surface area contributed by atoms with Crippen LogP contribution < -0.4 is 0 Å². The molecule has 0 aliphatic heterocycles. The van der Waals surface area contributed by atoms with E-state index in [1.165, 1.54) is 6.92 Å². The van der Waals surface area contributed by atoms with Crippen molar-refractivity contribution in [2.24, 2.45) is 0 Å². The van der Waals surface area contributed by atoms with Crippen molar-refractivity contribution < 1.29 is 8.76 Å². The Labute approximate surface area is 85.4 Å². The van der Waals surface area contributed by atoms with E-state index in [-0.39, 0.29) is 4.91 Å². The van der Waals surface area contributed by atoms with Gasteiger partial charge in [0.1, 0.15) is 0 Å². The van der Waals surface area contributed by atoms with Gasteiger partial charge in [-0.05, 0) is 37.4 Å². The zero-order valence-electron chi connectivity index (χ0n) is 8.27. The quantitative estimate of drug-likeness (QED) is 0.694. The highest BCUT2D eigenvalue weighted by atomic mass is 32.2. The Morgan fingerprint density at radius 2 is 1.86 bits per heavy atom. The van der Waals surface area contributed by atoms with E-state index < -0.39 is 11.1 Å². The molecule has 0 radical (unpaired) electrons. The van der Waals surface area contributed by atoms with Crippen LogP contribution in [0, 0.1) is 6.92 Å². The van der Waals surface area contributed by atoms with Gasteiger partial charge in [-0.3, -0.25) is 4.21 Å². The minimum atomic E-state index is -2.20. The molecule has 0 bridgehead atoms. The largest absolute Gasteiger partial charge is 0.769 e. The van der Waals surface area contributed by atoms with Crippen LogP contribution in [-0.2, 0) is 11.1 Å². The van der Waals surface area contributed by atoms with Gasteiger partial charge >= 0.3 is 0 Å². The fourth-order valence-electron chi connectivity index (χ4n) is 0.869. The molecule has 0 aromatic carbocycles. The zero-order valence-corrected chi connectivity index (χ0v) is 9.09. The van der Waals surface area contributed by atoms with E-state index >= 15 is 0 Å². The fourth-order valence-corrected chi connectivity index (χ4v) is 1.21. The summed E-state index contributed by atoms with van der Waals surface area (Å²) in [6, 6.07) is 0. The van der Waals surface area contributed by atoms with E-state index in [2.05, 4.69) is 9.97 Å². The maximum Gasteiger partial charge on any atom is 0.155 e. The van der Waals surface area contributed by atoms with Gasteiger partial charge < -0.3 is 4.55 Å². The van der Waals surface area contributed by atoms with E-state index in [1.807, 2.05) is 6.92 Å². The van der Waals surface area contributed by atoms with E-state index in [0.29, 0.717) is 11.4 Å². The van der Waals surface area contributed by atoms with E-state index in [9.17, 15) is 8.76 Å². The van der Waals surface area contributed by atoms with Gasteiger partial charge in [-0.2, -0.15) is 0 Å². The Kier molecular flexibility index (Phi) is 3.49. The molecule has 0 amide bonds. The predicted octanol–water partition coefficient (Wildman–Crippen LogP) is 1.42. The molecule has 5 heteroatoms. The molecular weight excluding hydrogens is 200 g/mol. The van der Waals surface area contributed by atoms with Gasteiger partial charge in [0.05, 0.1) is 0 Å². The van der Waals surface area contributed by atoms with Gasteiger partial charge in [-0.1, -0.05) is 0 Å². The number of allylic oxidation sites excluding steroid dienone is 2. The molecule has 0 aliphatic carbocycles. The molecule has 1 aromatic heterocycles. The summed E-state index contributed by atoms with van der Waals surface area (Å²) in [5.41, 5.74) is 1.53. The molecule has 0 fully saturated rings. The van der Waals surface area contributed by atoms with Gasteiger partial charge in [0, 0.05) is 22.9 Å². The molecule has 1 atom stereocenters. The molecule has 1 unspecified atom stereocenters. The highest BCUT2D eigenvalue weighted by Crippen LogP contribution is 2.15. The lowest BCUT2D eigenvalue weighted by molar-refractivity contribution is 0.543. The Morgan fingerprint density at radius 3 is 2.29 bits per heavy atom. The summed E-state index contributed by atoms with van der Waals surface area (Å²) in [5.74, 6) is 0.456. The third kappa shape index (κ3) is 2.46. The Morgan fingerprint density at radius 1 is 1.36 bits per heavy atom. The molecule has 1 aromatic rings. The Hall–Kier alpha value is -1.07. The van der Waals surface area contributed by atoms with E-state index in [1.54, 1.807) is 19.3 Å². The smallest absolute Gasteiger partial charge is 0.155 e. The van der Waals surface area contributed by atoms with E-state index in [0.717, 1.165) is 5.56 Å². The average Bonchev–Trinajstić information content (AvgIpc) is 2.16. The topological polar surface area (TPSA) is 65.9 Å². The molecule has 0 saturated heterocycles. The first kappa shape index (κ1) is 11.0. The molecular formula is C9H11N2O2S-. The number of nitrogens with zero attached hydrogens (tertiary/aromatic N) is 2. The van der Waals surface area contributed by atoms with Crippen LogP contribution in [-0.4, -0.2) is 18.7 Å². The van der Waals surface area contributed by atoms with Crippen molar-refractivity contribution in [1.82, 2.24) is 9.97 Å². The summed E-state index contributed by atoms with van der Waals surface area (Å²) in [7, 11) is 0. The Balaban J connectivity index is 3.12. The van der Waals surface area contributed by atoms with Crippen molar-refractivity contribution in [2.45, 2.75) is 20.8 Å². The monoisotopic (exact) mass is 211 g/mol. The molecule has 76 valence electrons. The standard InChI is InChI=1S/C9H12N2O2S/c1-6-4-10-9(11-5-6)7(2)8(3)14(12)13/h4-5H,1-3H3,(H,12,13)/p-1.